The Morgan fingerprint density at radius 3 is 2.62 bits per heavy atom. The summed E-state index contributed by atoms with van der Waals surface area (Å²) >= 11 is 0. The fraction of sp³-hybridized carbons (Fsp3) is 0.263. The van der Waals surface area contributed by atoms with E-state index in [1.807, 2.05) is 25.1 Å². The van der Waals surface area contributed by atoms with E-state index in [0.717, 1.165) is 22.4 Å². The molecular formula is C19H22N2O3. The third-order valence-electron chi connectivity index (χ3n) is 3.45. The normalized spacial score (nSPS) is 11.0. The fourth-order valence-electron chi connectivity index (χ4n) is 2.16. The van der Waals surface area contributed by atoms with Crippen LogP contribution in [0.15, 0.2) is 47.6 Å². The summed E-state index contributed by atoms with van der Waals surface area (Å²) in [5, 5.41) is 13.1. The summed E-state index contributed by atoms with van der Waals surface area (Å²) in [5.41, 5.74) is 5.35. The average molecular weight is 326 g/mol. The van der Waals surface area contributed by atoms with Crippen molar-refractivity contribution in [3.63, 3.8) is 0 Å². The maximum absolute atomic E-state index is 11.8. The van der Waals surface area contributed by atoms with Crippen LogP contribution >= 0.6 is 0 Å². The molecule has 5 heteroatoms. The minimum absolute atomic E-state index is 0.101. The lowest BCUT2D eigenvalue weighted by molar-refractivity contribution is -0.123. The molecule has 0 saturated carbocycles. The summed E-state index contributed by atoms with van der Waals surface area (Å²) in [6.45, 7) is 6.05. The van der Waals surface area contributed by atoms with Crippen LogP contribution in [0.1, 0.15) is 36.5 Å². The third-order valence-corrected chi connectivity index (χ3v) is 3.45. The first-order chi connectivity index (χ1) is 11.5. The molecule has 0 fully saturated rings. The Balaban J connectivity index is 1.89. The molecular weight excluding hydrogens is 304 g/mol. The van der Waals surface area contributed by atoms with Crippen molar-refractivity contribution in [3.8, 4) is 11.5 Å². The molecule has 0 aliphatic rings. The highest BCUT2D eigenvalue weighted by Crippen LogP contribution is 2.27. The van der Waals surface area contributed by atoms with Gasteiger partial charge in [0.15, 0.2) is 6.61 Å². The van der Waals surface area contributed by atoms with E-state index in [0.29, 0.717) is 5.92 Å². The van der Waals surface area contributed by atoms with Crippen LogP contribution in [0.25, 0.3) is 0 Å². The van der Waals surface area contributed by atoms with Crippen molar-refractivity contribution < 1.29 is 14.6 Å². The van der Waals surface area contributed by atoms with Crippen LogP contribution in [-0.2, 0) is 4.79 Å². The van der Waals surface area contributed by atoms with Crippen molar-refractivity contribution in [2.75, 3.05) is 6.61 Å². The van der Waals surface area contributed by atoms with Crippen molar-refractivity contribution >= 4 is 12.1 Å². The zero-order valence-corrected chi connectivity index (χ0v) is 14.1. The number of aromatic hydroxyl groups is 1. The molecule has 5 nitrogen and oxygen atoms in total. The highest BCUT2D eigenvalue weighted by atomic mass is 16.5. The molecule has 0 spiro atoms. The van der Waals surface area contributed by atoms with E-state index in [-0.39, 0.29) is 18.3 Å². The molecule has 0 bridgehead atoms. The van der Waals surface area contributed by atoms with Gasteiger partial charge in [0.25, 0.3) is 5.91 Å². The maximum Gasteiger partial charge on any atom is 0.277 e. The van der Waals surface area contributed by atoms with Crippen molar-refractivity contribution in [2.45, 2.75) is 26.7 Å². The van der Waals surface area contributed by atoms with Crippen LogP contribution in [0.2, 0.25) is 0 Å². The van der Waals surface area contributed by atoms with Crippen LogP contribution in [0.5, 0.6) is 11.5 Å². The summed E-state index contributed by atoms with van der Waals surface area (Å²) in [7, 11) is 0. The van der Waals surface area contributed by atoms with Crippen LogP contribution < -0.4 is 10.2 Å². The van der Waals surface area contributed by atoms with E-state index in [1.54, 1.807) is 24.3 Å². The predicted octanol–water partition coefficient (Wildman–Crippen LogP) is 3.35. The smallest absolute Gasteiger partial charge is 0.277 e. The molecule has 0 aliphatic carbocycles. The molecule has 126 valence electrons. The van der Waals surface area contributed by atoms with E-state index >= 15 is 0 Å². The van der Waals surface area contributed by atoms with Crippen LogP contribution in [-0.4, -0.2) is 23.8 Å². The summed E-state index contributed by atoms with van der Waals surface area (Å²) in [6.07, 6.45) is 1.50. The van der Waals surface area contributed by atoms with Crippen molar-refractivity contribution in [1.29, 1.82) is 0 Å². The zero-order valence-electron chi connectivity index (χ0n) is 14.1. The second-order valence-corrected chi connectivity index (χ2v) is 5.87. The van der Waals surface area contributed by atoms with Crippen molar-refractivity contribution in [2.24, 2.45) is 5.10 Å². The SMILES string of the molecule is Cc1ccc(C(C)C)c(OCC(=O)N/N=C\c2ccc(O)cc2)c1. The molecule has 0 unspecified atom stereocenters. The number of benzene rings is 2. The highest BCUT2D eigenvalue weighted by Gasteiger charge is 2.09. The number of nitrogens with one attached hydrogen (secondary N) is 1. The predicted molar refractivity (Wildman–Crippen MR) is 94.6 cm³/mol. The number of hydrogen-bond donors (Lipinski definition) is 2. The van der Waals surface area contributed by atoms with E-state index in [2.05, 4.69) is 24.4 Å². The summed E-state index contributed by atoms with van der Waals surface area (Å²) in [4.78, 5) is 11.8. The average Bonchev–Trinajstić information content (AvgIpc) is 2.54. The number of hydrazone groups is 1. The molecule has 2 rings (SSSR count). The molecule has 24 heavy (non-hydrogen) atoms. The molecule has 0 heterocycles. The van der Waals surface area contributed by atoms with Gasteiger partial charge in [0, 0.05) is 0 Å². The van der Waals surface area contributed by atoms with Gasteiger partial charge in [-0.3, -0.25) is 4.79 Å². The fourth-order valence-corrected chi connectivity index (χ4v) is 2.16. The largest absolute Gasteiger partial charge is 0.508 e. The summed E-state index contributed by atoms with van der Waals surface area (Å²) in [5.74, 6) is 0.892. The Kier molecular flexibility index (Phi) is 5.95. The number of phenolic OH excluding ortho intramolecular Hbond substituents is 1. The number of nitrogens with zero attached hydrogens (tertiary/aromatic N) is 1. The second-order valence-electron chi connectivity index (χ2n) is 5.87. The molecule has 2 aromatic rings. The lowest BCUT2D eigenvalue weighted by Gasteiger charge is -2.14. The van der Waals surface area contributed by atoms with Gasteiger partial charge in [-0.05, 0) is 59.9 Å². The molecule has 2 N–H and O–H groups in total. The number of amides is 1. The van der Waals surface area contributed by atoms with Gasteiger partial charge >= 0.3 is 0 Å². The zero-order chi connectivity index (χ0) is 17.5. The molecule has 1 amide bonds. The molecule has 0 radical (unpaired) electrons. The lowest BCUT2D eigenvalue weighted by Crippen LogP contribution is -2.25. The summed E-state index contributed by atoms with van der Waals surface area (Å²) < 4.78 is 5.64. The third kappa shape index (κ3) is 5.12. The highest BCUT2D eigenvalue weighted by molar-refractivity contribution is 5.83. The van der Waals surface area contributed by atoms with E-state index in [1.165, 1.54) is 6.21 Å². The molecule has 0 atom stereocenters. The molecule has 0 saturated heterocycles. The quantitative estimate of drug-likeness (QED) is 0.632. The van der Waals surface area contributed by atoms with E-state index < -0.39 is 0 Å². The van der Waals surface area contributed by atoms with E-state index in [9.17, 15) is 9.90 Å². The van der Waals surface area contributed by atoms with Gasteiger partial charge in [0.2, 0.25) is 0 Å². The second kappa shape index (κ2) is 8.15. The van der Waals surface area contributed by atoms with Crippen molar-refractivity contribution in [1.82, 2.24) is 5.43 Å². The van der Waals surface area contributed by atoms with Crippen molar-refractivity contribution in [3.05, 3.63) is 59.2 Å². The Hall–Kier alpha value is -2.82. The Morgan fingerprint density at radius 1 is 1.25 bits per heavy atom. The van der Waals surface area contributed by atoms with E-state index in [4.69, 9.17) is 4.74 Å². The van der Waals surface area contributed by atoms with Crippen LogP contribution in [0.4, 0.5) is 0 Å². The minimum Gasteiger partial charge on any atom is -0.508 e. The molecule has 0 aromatic heterocycles. The first kappa shape index (κ1) is 17.5. The van der Waals surface area contributed by atoms with Gasteiger partial charge in [0.1, 0.15) is 11.5 Å². The lowest BCUT2D eigenvalue weighted by atomic mass is 10.0. The number of rotatable bonds is 6. The monoisotopic (exact) mass is 326 g/mol. The van der Waals surface area contributed by atoms with Gasteiger partial charge in [-0.15, -0.1) is 0 Å². The minimum atomic E-state index is -0.332. The number of hydrogen-bond acceptors (Lipinski definition) is 4. The van der Waals surface area contributed by atoms with Crippen LogP contribution in [0, 0.1) is 6.92 Å². The number of phenols is 1. The maximum atomic E-state index is 11.8. The Bertz CT molecular complexity index is 722. The number of carbonyl (C=O) groups is 1. The topological polar surface area (TPSA) is 70.9 Å². The van der Waals surface area contributed by atoms with Gasteiger partial charge in [0.05, 0.1) is 6.21 Å². The molecule has 2 aromatic carbocycles. The Labute approximate surface area is 142 Å². The Morgan fingerprint density at radius 2 is 1.96 bits per heavy atom. The first-order valence-electron chi connectivity index (χ1n) is 7.80. The number of aryl methyl sites for hydroxylation is 1. The summed E-state index contributed by atoms with van der Waals surface area (Å²) in [6, 6.07) is 12.5. The van der Waals surface area contributed by atoms with Gasteiger partial charge in [-0.25, -0.2) is 5.43 Å². The standard InChI is InChI=1S/C19H22N2O3/c1-13(2)17-9-4-14(3)10-18(17)24-12-19(23)21-20-11-15-5-7-16(22)8-6-15/h4-11,13,22H,12H2,1-3H3,(H,21,23)/b20-11-. The van der Waals surface area contributed by atoms with Gasteiger partial charge < -0.3 is 9.84 Å². The first-order valence-corrected chi connectivity index (χ1v) is 7.80. The number of carbonyl (C=O) groups excluding carboxylic acids is 1. The molecule has 0 aliphatic heterocycles. The van der Waals surface area contributed by atoms with Gasteiger partial charge in [-0.1, -0.05) is 26.0 Å². The number of ether oxygens (including phenoxy) is 1. The van der Waals surface area contributed by atoms with Crippen LogP contribution in [0.3, 0.4) is 0 Å². The van der Waals surface area contributed by atoms with Gasteiger partial charge in [-0.2, -0.15) is 5.10 Å².